The molecule has 396 valence electrons. The first-order valence-electron chi connectivity index (χ1n) is 21.1. The molecule has 0 radical (unpaired) electrons. The Hall–Kier alpha value is -7.03. The summed E-state index contributed by atoms with van der Waals surface area (Å²) in [5, 5.41) is 9.69. The van der Waals surface area contributed by atoms with Crippen LogP contribution < -0.4 is 32.3 Å². The molecule has 0 bridgehead atoms. The van der Waals surface area contributed by atoms with Crippen LogP contribution in [0.3, 0.4) is 0 Å². The van der Waals surface area contributed by atoms with E-state index in [2.05, 4.69) is 18.7 Å². The standard InChI is InChI=1S/C24H20ClF2N3O5S2.C17H14F3N3O4S2.C7H7ClO/c1-14-6-16(25)8-18(7-14)35-22-10-20(27)23(11-19(22)26)37(31,32)30(24-28-13-29-36-24)12-15-4-5-17(33-2)9-21(15)34-3;1-26-11-4-3-10(15(5-11)27-2)8-23(17-21-9-22-28-17)29(24,25)16-7-13(19)12(18)6-14(16)20;1-5-2-6(8)4-7(9)3-5/h4-11,13H,12H2,1-3H3;3-7,9H,8H2,1-2H3;2-4,9H,1H3. The second-order valence-electron chi connectivity index (χ2n) is 15.3. The van der Waals surface area contributed by atoms with Crippen molar-refractivity contribution in [1.29, 1.82) is 0 Å². The van der Waals surface area contributed by atoms with Crippen LogP contribution in [0.4, 0.5) is 32.2 Å². The molecule has 0 aliphatic carbocycles. The van der Waals surface area contributed by atoms with Crippen molar-refractivity contribution >= 4 is 76.6 Å². The number of rotatable bonds is 16. The van der Waals surface area contributed by atoms with Gasteiger partial charge in [-0.25, -0.2) is 57.4 Å². The van der Waals surface area contributed by atoms with Crippen molar-refractivity contribution in [2.45, 2.75) is 36.7 Å². The van der Waals surface area contributed by atoms with Crippen molar-refractivity contribution in [2.24, 2.45) is 0 Å². The van der Waals surface area contributed by atoms with E-state index in [1.54, 1.807) is 67.6 Å². The number of aromatic hydroxyl groups is 1. The zero-order valence-corrected chi connectivity index (χ0v) is 44.7. The Balaban J connectivity index is 0.000000213. The highest BCUT2D eigenvalue weighted by atomic mass is 35.5. The van der Waals surface area contributed by atoms with Crippen LogP contribution in [0.1, 0.15) is 22.3 Å². The fourth-order valence-electron chi connectivity index (χ4n) is 6.67. The van der Waals surface area contributed by atoms with Crippen LogP contribution in [0.2, 0.25) is 10.0 Å². The van der Waals surface area contributed by atoms with Crippen LogP contribution in [0.5, 0.6) is 40.2 Å². The Morgan fingerprint density at radius 3 is 1.40 bits per heavy atom. The van der Waals surface area contributed by atoms with Gasteiger partial charge >= 0.3 is 0 Å². The minimum atomic E-state index is -4.66. The molecule has 27 heteroatoms. The highest BCUT2D eigenvalue weighted by Gasteiger charge is 2.34. The fraction of sp³-hybridized carbons (Fsp3) is 0.167. The summed E-state index contributed by atoms with van der Waals surface area (Å²) in [5.41, 5.74) is 2.54. The summed E-state index contributed by atoms with van der Waals surface area (Å²) in [7, 11) is -3.58. The lowest BCUT2D eigenvalue weighted by Crippen LogP contribution is -2.31. The maximum absolute atomic E-state index is 15.2. The maximum Gasteiger partial charge on any atom is 0.269 e. The van der Waals surface area contributed by atoms with Crippen molar-refractivity contribution in [1.82, 2.24) is 18.7 Å². The highest BCUT2D eigenvalue weighted by molar-refractivity contribution is 7.93. The van der Waals surface area contributed by atoms with Gasteiger partial charge in [-0.1, -0.05) is 23.2 Å². The van der Waals surface area contributed by atoms with Crippen LogP contribution in [0.15, 0.2) is 120 Å². The number of anilines is 2. The monoisotopic (exact) mass is 1150 g/mol. The summed E-state index contributed by atoms with van der Waals surface area (Å²) in [4.78, 5) is 5.90. The largest absolute Gasteiger partial charge is 0.508 e. The molecule has 0 atom stereocenters. The van der Waals surface area contributed by atoms with Crippen LogP contribution in [0.25, 0.3) is 0 Å². The lowest BCUT2D eigenvalue weighted by molar-refractivity contribution is 0.391. The molecule has 0 aliphatic heterocycles. The van der Waals surface area contributed by atoms with Crippen molar-refractivity contribution in [2.75, 3.05) is 37.0 Å². The average molecular weight is 1160 g/mol. The van der Waals surface area contributed by atoms with E-state index in [4.69, 9.17) is 52.0 Å². The van der Waals surface area contributed by atoms with E-state index >= 15 is 8.78 Å². The van der Waals surface area contributed by atoms with Crippen molar-refractivity contribution < 1.29 is 67.6 Å². The first kappa shape index (κ1) is 57.3. The van der Waals surface area contributed by atoms with Gasteiger partial charge in [-0.05, 0) is 85.6 Å². The minimum absolute atomic E-state index is 0.0487. The first-order valence-corrected chi connectivity index (χ1v) is 26.3. The number of aromatic nitrogens is 4. The predicted molar refractivity (Wildman–Crippen MR) is 272 cm³/mol. The number of sulfonamides is 2. The van der Waals surface area contributed by atoms with E-state index in [1.807, 2.05) is 6.92 Å². The predicted octanol–water partition coefficient (Wildman–Crippen LogP) is 11.7. The Morgan fingerprint density at radius 2 is 0.973 bits per heavy atom. The molecule has 16 nitrogen and oxygen atoms in total. The van der Waals surface area contributed by atoms with Crippen molar-refractivity contribution in [3.05, 3.63) is 171 Å². The van der Waals surface area contributed by atoms with Gasteiger partial charge in [0.25, 0.3) is 20.0 Å². The smallest absolute Gasteiger partial charge is 0.269 e. The van der Waals surface area contributed by atoms with Gasteiger partial charge in [0.1, 0.15) is 68.6 Å². The number of hydrogen-bond acceptors (Lipinski definition) is 16. The number of aryl methyl sites for hydroxylation is 2. The van der Waals surface area contributed by atoms with E-state index in [-0.39, 0.29) is 40.9 Å². The number of phenolic OH excluding ortho intramolecular Hbond substituents is 1. The Bertz CT molecular complexity index is 3450. The molecule has 0 spiro atoms. The van der Waals surface area contributed by atoms with Crippen LogP contribution in [-0.4, -0.2) is 69.1 Å². The van der Waals surface area contributed by atoms with Crippen LogP contribution in [0, 0.1) is 42.9 Å². The molecule has 0 saturated carbocycles. The lowest BCUT2D eigenvalue weighted by atomic mass is 10.2. The SMILES string of the molecule is COc1ccc(CN(c2ncns2)S(=O)(=O)c2cc(F)c(F)cc2F)c(OC)c1.COc1ccc(CN(c2ncns2)S(=O)(=O)c2cc(F)c(Oc3cc(C)cc(Cl)c3)cc2F)c(OC)c1.Cc1cc(O)cc(Cl)c1. The van der Waals surface area contributed by atoms with Gasteiger partial charge in [-0.3, -0.25) is 0 Å². The summed E-state index contributed by atoms with van der Waals surface area (Å²) in [6.07, 6.45) is 2.28. The fourth-order valence-corrected chi connectivity index (χ4v) is 11.6. The van der Waals surface area contributed by atoms with Crippen LogP contribution >= 0.6 is 46.3 Å². The quantitative estimate of drug-likeness (QED) is 0.0709. The van der Waals surface area contributed by atoms with Gasteiger partial charge in [0.05, 0.1) is 41.5 Å². The summed E-state index contributed by atoms with van der Waals surface area (Å²) >= 11 is 13.1. The number of nitrogens with zero attached hydrogens (tertiary/aromatic N) is 6. The molecule has 8 aromatic rings. The second kappa shape index (κ2) is 25.0. The number of ether oxygens (including phenoxy) is 5. The Labute approximate surface area is 445 Å². The molecule has 0 fully saturated rings. The lowest BCUT2D eigenvalue weighted by Gasteiger charge is -2.23. The number of benzene rings is 6. The van der Waals surface area contributed by atoms with E-state index in [0.29, 0.717) is 62.4 Å². The van der Waals surface area contributed by atoms with Gasteiger partial charge in [0.2, 0.25) is 10.3 Å². The van der Waals surface area contributed by atoms with Gasteiger partial charge < -0.3 is 28.8 Å². The minimum Gasteiger partial charge on any atom is -0.508 e. The zero-order chi connectivity index (χ0) is 54.8. The number of hydrogen-bond donors (Lipinski definition) is 1. The molecule has 6 aromatic carbocycles. The maximum atomic E-state index is 15.2. The molecule has 2 aromatic heterocycles. The number of phenols is 1. The van der Waals surface area contributed by atoms with Gasteiger partial charge in [-0.2, -0.15) is 8.75 Å². The van der Waals surface area contributed by atoms with Crippen molar-refractivity contribution in [3.63, 3.8) is 0 Å². The van der Waals surface area contributed by atoms with Crippen LogP contribution in [-0.2, 0) is 33.1 Å². The first-order chi connectivity index (χ1) is 35.6. The zero-order valence-electron chi connectivity index (χ0n) is 39.9. The van der Waals surface area contributed by atoms with E-state index in [1.165, 1.54) is 40.6 Å². The molecule has 0 unspecified atom stereocenters. The van der Waals surface area contributed by atoms with E-state index in [0.717, 1.165) is 55.5 Å². The number of methoxy groups -OCH3 is 4. The molecule has 2 heterocycles. The van der Waals surface area contributed by atoms with Crippen molar-refractivity contribution in [3.8, 4) is 40.2 Å². The van der Waals surface area contributed by atoms with E-state index < -0.39 is 64.7 Å². The third-order valence-corrected chi connectivity index (χ3v) is 15.7. The van der Waals surface area contributed by atoms with Gasteiger partial charge in [0, 0.05) is 80.6 Å². The topological polar surface area (TPSA) is 193 Å². The summed E-state index contributed by atoms with van der Waals surface area (Å²) in [6.45, 7) is 3.01. The third kappa shape index (κ3) is 14.2. The van der Waals surface area contributed by atoms with Gasteiger partial charge in [0.15, 0.2) is 23.2 Å². The molecule has 8 rings (SSSR count). The normalized spacial score (nSPS) is 11.1. The molecule has 1 N–H and O–H groups in total. The molecule has 0 amide bonds. The average Bonchev–Trinajstić information content (AvgIpc) is 4.10. The summed E-state index contributed by atoms with van der Waals surface area (Å²) < 4.78 is 160. The second-order valence-corrected chi connectivity index (χ2v) is 21.3. The Morgan fingerprint density at radius 1 is 0.520 bits per heavy atom. The van der Waals surface area contributed by atoms with Gasteiger partial charge in [-0.15, -0.1) is 0 Å². The molecular weight excluding hydrogens is 1110 g/mol. The molecular formula is C48H41Cl2F5N6O10S4. The number of halogens is 7. The third-order valence-electron chi connectivity index (χ3n) is 10.1. The highest BCUT2D eigenvalue weighted by Crippen LogP contribution is 2.37. The molecule has 0 saturated heterocycles. The summed E-state index contributed by atoms with van der Waals surface area (Å²) in [5.74, 6) is -5.24. The van der Waals surface area contributed by atoms with E-state index in [9.17, 15) is 30.0 Å². The molecule has 75 heavy (non-hydrogen) atoms. The molecule has 0 aliphatic rings. The Kier molecular flexibility index (Phi) is 19.1. The summed E-state index contributed by atoms with van der Waals surface area (Å²) in [6, 6.07) is 20.8.